The Morgan fingerprint density at radius 2 is 2.33 bits per heavy atom. The van der Waals surface area contributed by atoms with Gasteiger partial charge in [-0.1, -0.05) is 0 Å². The second kappa shape index (κ2) is 3.87. The summed E-state index contributed by atoms with van der Waals surface area (Å²) < 4.78 is 0. The van der Waals surface area contributed by atoms with Crippen LogP contribution in [0, 0.1) is 0 Å². The van der Waals surface area contributed by atoms with Crippen molar-refractivity contribution in [2.24, 2.45) is 5.73 Å². The van der Waals surface area contributed by atoms with Gasteiger partial charge < -0.3 is 11.1 Å². The van der Waals surface area contributed by atoms with E-state index in [1.807, 2.05) is 0 Å². The van der Waals surface area contributed by atoms with Gasteiger partial charge in [0.2, 0.25) is 5.91 Å². The lowest BCUT2D eigenvalue weighted by molar-refractivity contribution is -0.121. The van der Waals surface area contributed by atoms with Crippen LogP contribution in [0.25, 0.3) is 0 Å². The standard InChI is InChI=1S/C8H17N3O/c1-6(2)11-4-3-10-8(12)7(9)5-11/h6-7H,3-5,9H2,1-2H3,(H,10,12). The Balaban J connectivity index is 2.54. The highest BCUT2D eigenvalue weighted by molar-refractivity contribution is 5.81. The molecule has 0 aromatic carbocycles. The Bertz CT molecular complexity index is 170. The highest BCUT2D eigenvalue weighted by Crippen LogP contribution is 2.01. The second-order valence-electron chi connectivity index (χ2n) is 3.49. The predicted octanol–water partition coefficient (Wildman–Crippen LogP) is -0.846. The summed E-state index contributed by atoms with van der Waals surface area (Å²) in [6.07, 6.45) is 0. The fourth-order valence-corrected chi connectivity index (χ4v) is 1.35. The van der Waals surface area contributed by atoms with Gasteiger partial charge in [-0.05, 0) is 13.8 Å². The van der Waals surface area contributed by atoms with Crippen molar-refractivity contribution in [2.75, 3.05) is 19.6 Å². The number of rotatable bonds is 1. The zero-order valence-corrected chi connectivity index (χ0v) is 7.71. The van der Waals surface area contributed by atoms with E-state index >= 15 is 0 Å². The van der Waals surface area contributed by atoms with Gasteiger partial charge in [-0.2, -0.15) is 0 Å². The minimum atomic E-state index is -0.366. The first kappa shape index (κ1) is 9.48. The highest BCUT2D eigenvalue weighted by atomic mass is 16.2. The largest absolute Gasteiger partial charge is 0.353 e. The third kappa shape index (κ3) is 2.19. The molecule has 1 saturated heterocycles. The normalized spacial score (nSPS) is 27.0. The van der Waals surface area contributed by atoms with Crippen LogP contribution >= 0.6 is 0 Å². The maximum absolute atomic E-state index is 11.1. The van der Waals surface area contributed by atoms with Gasteiger partial charge in [0, 0.05) is 25.7 Å². The van der Waals surface area contributed by atoms with Gasteiger partial charge in [-0.25, -0.2) is 0 Å². The topological polar surface area (TPSA) is 58.4 Å². The number of nitrogens with two attached hydrogens (primary N) is 1. The van der Waals surface area contributed by atoms with Crippen LogP contribution in [0.4, 0.5) is 0 Å². The Labute approximate surface area is 73.1 Å². The number of amides is 1. The molecule has 1 rings (SSSR count). The van der Waals surface area contributed by atoms with Crippen molar-refractivity contribution >= 4 is 5.91 Å². The summed E-state index contributed by atoms with van der Waals surface area (Å²) in [6, 6.07) is 0.0960. The SMILES string of the molecule is CC(C)N1CCNC(=O)C(N)C1. The third-order valence-corrected chi connectivity index (χ3v) is 2.20. The van der Waals surface area contributed by atoms with Crippen LogP contribution in [-0.2, 0) is 4.79 Å². The van der Waals surface area contributed by atoms with Crippen LogP contribution in [0.1, 0.15) is 13.8 Å². The van der Waals surface area contributed by atoms with Crippen LogP contribution < -0.4 is 11.1 Å². The predicted molar refractivity (Wildman–Crippen MR) is 47.7 cm³/mol. The van der Waals surface area contributed by atoms with E-state index in [1.165, 1.54) is 0 Å². The van der Waals surface area contributed by atoms with E-state index in [0.717, 1.165) is 6.54 Å². The lowest BCUT2D eigenvalue weighted by Crippen LogP contribution is -2.44. The first-order valence-electron chi connectivity index (χ1n) is 4.38. The van der Waals surface area contributed by atoms with Gasteiger partial charge in [-0.3, -0.25) is 9.69 Å². The van der Waals surface area contributed by atoms with E-state index < -0.39 is 0 Å². The zero-order valence-electron chi connectivity index (χ0n) is 7.71. The molecule has 70 valence electrons. The van der Waals surface area contributed by atoms with Crippen LogP contribution in [-0.4, -0.2) is 42.5 Å². The monoisotopic (exact) mass is 171 g/mol. The molecular formula is C8H17N3O. The van der Waals surface area contributed by atoms with Crippen molar-refractivity contribution in [3.8, 4) is 0 Å². The number of hydrogen-bond acceptors (Lipinski definition) is 3. The van der Waals surface area contributed by atoms with Crippen molar-refractivity contribution in [3.05, 3.63) is 0 Å². The smallest absolute Gasteiger partial charge is 0.238 e. The summed E-state index contributed by atoms with van der Waals surface area (Å²) in [5.74, 6) is -0.0295. The minimum Gasteiger partial charge on any atom is -0.353 e. The van der Waals surface area contributed by atoms with E-state index in [4.69, 9.17) is 5.73 Å². The van der Waals surface area contributed by atoms with Gasteiger partial charge in [0.25, 0.3) is 0 Å². The Hall–Kier alpha value is -0.610. The lowest BCUT2D eigenvalue weighted by atomic mass is 10.2. The fourth-order valence-electron chi connectivity index (χ4n) is 1.35. The second-order valence-corrected chi connectivity index (χ2v) is 3.49. The van der Waals surface area contributed by atoms with E-state index in [2.05, 4.69) is 24.1 Å². The maximum Gasteiger partial charge on any atom is 0.238 e. The molecule has 1 aliphatic heterocycles. The van der Waals surface area contributed by atoms with Gasteiger partial charge in [0.05, 0.1) is 6.04 Å². The Morgan fingerprint density at radius 1 is 1.67 bits per heavy atom. The molecule has 1 fully saturated rings. The number of nitrogens with zero attached hydrogens (tertiary/aromatic N) is 1. The Morgan fingerprint density at radius 3 is 2.92 bits per heavy atom. The lowest BCUT2D eigenvalue weighted by Gasteiger charge is -2.24. The van der Waals surface area contributed by atoms with Crippen LogP contribution in [0.5, 0.6) is 0 Å². The summed E-state index contributed by atoms with van der Waals surface area (Å²) >= 11 is 0. The number of carbonyl (C=O) groups excluding carboxylic acids is 1. The van der Waals surface area contributed by atoms with Gasteiger partial charge in [0.1, 0.15) is 0 Å². The molecule has 0 aromatic heterocycles. The summed E-state index contributed by atoms with van der Waals surface area (Å²) in [5, 5.41) is 2.77. The molecule has 12 heavy (non-hydrogen) atoms. The molecule has 0 spiro atoms. The molecule has 0 aliphatic carbocycles. The van der Waals surface area contributed by atoms with Crippen LogP contribution in [0.15, 0.2) is 0 Å². The molecule has 3 N–H and O–H groups in total. The van der Waals surface area contributed by atoms with Crippen molar-refractivity contribution < 1.29 is 4.79 Å². The first-order chi connectivity index (χ1) is 5.61. The molecule has 1 heterocycles. The third-order valence-electron chi connectivity index (χ3n) is 2.20. The zero-order chi connectivity index (χ0) is 9.14. The Kier molecular flexibility index (Phi) is 3.05. The molecule has 0 bridgehead atoms. The molecule has 0 aromatic rings. The first-order valence-corrected chi connectivity index (χ1v) is 4.38. The molecule has 1 unspecified atom stereocenters. The van der Waals surface area contributed by atoms with Crippen LogP contribution in [0.2, 0.25) is 0 Å². The molecule has 0 radical (unpaired) electrons. The van der Waals surface area contributed by atoms with Crippen molar-refractivity contribution in [1.29, 1.82) is 0 Å². The number of carbonyl (C=O) groups is 1. The summed E-state index contributed by atoms with van der Waals surface area (Å²) in [5.41, 5.74) is 5.65. The molecule has 1 atom stereocenters. The summed E-state index contributed by atoms with van der Waals surface area (Å²) in [4.78, 5) is 13.3. The summed E-state index contributed by atoms with van der Waals surface area (Å²) in [7, 11) is 0. The minimum absolute atomic E-state index is 0.0295. The average molecular weight is 171 g/mol. The van der Waals surface area contributed by atoms with E-state index in [-0.39, 0.29) is 11.9 Å². The molecule has 4 nitrogen and oxygen atoms in total. The van der Waals surface area contributed by atoms with E-state index in [0.29, 0.717) is 19.1 Å². The van der Waals surface area contributed by atoms with Gasteiger partial charge >= 0.3 is 0 Å². The molecule has 1 aliphatic rings. The quantitative estimate of drug-likeness (QED) is 0.540. The van der Waals surface area contributed by atoms with Gasteiger partial charge in [0.15, 0.2) is 0 Å². The molecule has 4 heteroatoms. The van der Waals surface area contributed by atoms with Crippen LogP contribution in [0.3, 0.4) is 0 Å². The number of nitrogens with one attached hydrogen (secondary N) is 1. The molecular weight excluding hydrogens is 154 g/mol. The van der Waals surface area contributed by atoms with Crippen molar-refractivity contribution in [2.45, 2.75) is 25.9 Å². The summed E-state index contributed by atoms with van der Waals surface area (Å²) in [6.45, 7) is 6.51. The number of hydrogen-bond donors (Lipinski definition) is 2. The van der Waals surface area contributed by atoms with Crippen molar-refractivity contribution in [3.63, 3.8) is 0 Å². The molecule has 1 amide bonds. The van der Waals surface area contributed by atoms with Gasteiger partial charge in [-0.15, -0.1) is 0 Å². The average Bonchev–Trinajstić information content (AvgIpc) is 2.15. The fraction of sp³-hybridized carbons (Fsp3) is 0.875. The van der Waals surface area contributed by atoms with E-state index in [1.54, 1.807) is 0 Å². The maximum atomic E-state index is 11.1. The highest BCUT2D eigenvalue weighted by Gasteiger charge is 2.22. The molecule has 0 saturated carbocycles. The van der Waals surface area contributed by atoms with E-state index in [9.17, 15) is 4.79 Å². The van der Waals surface area contributed by atoms with Crippen molar-refractivity contribution in [1.82, 2.24) is 10.2 Å².